The molecule has 164 valence electrons. The van der Waals surface area contributed by atoms with Crippen LogP contribution in [-0.4, -0.2) is 39.5 Å². The Bertz CT molecular complexity index is 1070. The molecule has 3 rings (SSSR count). The quantitative estimate of drug-likeness (QED) is 0.387. The average Bonchev–Trinajstić information content (AvgIpc) is 3.34. The first-order valence-electron chi connectivity index (χ1n) is 9.97. The molecule has 0 fully saturated rings. The number of methoxy groups -OCH3 is 1. The third-order valence-electron chi connectivity index (χ3n) is 4.79. The van der Waals surface area contributed by atoms with Crippen LogP contribution in [0.4, 0.5) is 5.00 Å². The first-order chi connectivity index (χ1) is 14.8. The molecule has 0 bridgehead atoms. The van der Waals surface area contributed by atoms with Crippen LogP contribution in [0.25, 0.3) is 11.4 Å². The summed E-state index contributed by atoms with van der Waals surface area (Å²) in [5.74, 6) is 0.690. The van der Waals surface area contributed by atoms with E-state index in [1.165, 1.54) is 35.8 Å². The summed E-state index contributed by atoms with van der Waals surface area (Å²) in [6, 6.07) is 10.0. The second-order valence-electron chi connectivity index (χ2n) is 7.28. The van der Waals surface area contributed by atoms with Crippen molar-refractivity contribution < 1.29 is 14.3 Å². The number of nitrogens with zero attached hydrogens (tertiary/aromatic N) is 3. The molecule has 2 aromatic heterocycles. The average molecular weight is 459 g/mol. The molecule has 3 aromatic rings. The number of esters is 1. The molecule has 0 aliphatic carbocycles. The van der Waals surface area contributed by atoms with Crippen LogP contribution in [0.5, 0.6) is 0 Å². The van der Waals surface area contributed by atoms with Crippen LogP contribution in [-0.2, 0) is 23.0 Å². The van der Waals surface area contributed by atoms with E-state index in [-0.39, 0.29) is 11.7 Å². The summed E-state index contributed by atoms with van der Waals surface area (Å²) < 4.78 is 6.69. The molecule has 1 N–H and O–H groups in total. The number of aromatic nitrogens is 3. The summed E-state index contributed by atoms with van der Waals surface area (Å²) in [5, 5.41) is 12.5. The Kier molecular flexibility index (Phi) is 7.50. The smallest absolute Gasteiger partial charge is 0.340 e. The van der Waals surface area contributed by atoms with Crippen molar-refractivity contribution >= 4 is 40.0 Å². The Morgan fingerprint density at radius 3 is 2.55 bits per heavy atom. The fourth-order valence-corrected chi connectivity index (χ4v) is 4.68. The molecular formula is C22H26N4O3S2. The Morgan fingerprint density at radius 1 is 1.23 bits per heavy atom. The summed E-state index contributed by atoms with van der Waals surface area (Å²) in [5.41, 5.74) is 2.63. The number of amides is 1. The first-order valence-corrected chi connectivity index (χ1v) is 11.8. The van der Waals surface area contributed by atoms with Gasteiger partial charge in [-0.2, -0.15) is 0 Å². The van der Waals surface area contributed by atoms with E-state index in [0.29, 0.717) is 21.6 Å². The predicted molar refractivity (Wildman–Crippen MR) is 125 cm³/mol. The highest BCUT2D eigenvalue weighted by atomic mass is 32.2. The van der Waals surface area contributed by atoms with E-state index in [1.807, 2.05) is 30.7 Å². The molecule has 9 heteroatoms. The highest BCUT2D eigenvalue weighted by Crippen LogP contribution is 2.30. The molecule has 0 saturated heterocycles. The molecule has 0 aliphatic rings. The molecule has 0 unspecified atom stereocenters. The summed E-state index contributed by atoms with van der Waals surface area (Å²) in [7, 11) is 3.21. The van der Waals surface area contributed by atoms with Gasteiger partial charge in [0.1, 0.15) is 5.00 Å². The molecule has 0 saturated carbocycles. The van der Waals surface area contributed by atoms with Crippen LogP contribution in [0.1, 0.15) is 47.5 Å². The molecule has 31 heavy (non-hydrogen) atoms. The molecular weight excluding hydrogens is 432 g/mol. The van der Waals surface area contributed by atoms with Gasteiger partial charge >= 0.3 is 5.97 Å². The maximum atomic E-state index is 12.5. The third-order valence-corrected chi connectivity index (χ3v) is 7.01. The Balaban J connectivity index is 1.66. The number of ether oxygens (including phenoxy) is 1. The van der Waals surface area contributed by atoms with E-state index in [0.717, 1.165) is 22.7 Å². The number of hydrogen-bond donors (Lipinski definition) is 1. The van der Waals surface area contributed by atoms with Gasteiger partial charge in [0.15, 0.2) is 11.0 Å². The van der Waals surface area contributed by atoms with E-state index in [1.54, 1.807) is 6.07 Å². The lowest BCUT2D eigenvalue weighted by Crippen LogP contribution is -2.16. The van der Waals surface area contributed by atoms with Crippen molar-refractivity contribution in [2.75, 3.05) is 18.2 Å². The number of thiophene rings is 1. The fraction of sp³-hybridized carbons (Fsp3) is 0.364. The van der Waals surface area contributed by atoms with Crippen LogP contribution in [0, 0.1) is 0 Å². The zero-order chi connectivity index (χ0) is 22.5. The van der Waals surface area contributed by atoms with Crippen molar-refractivity contribution in [1.82, 2.24) is 14.8 Å². The van der Waals surface area contributed by atoms with Crippen molar-refractivity contribution in [3.63, 3.8) is 0 Å². The highest BCUT2D eigenvalue weighted by Gasteiger charge is 2.19. The van der Waals surface area contributed by atoms with Gasteiger partial charge in [-0.25, -0.2) is 4.79 Å². The third kappa shape index (κ3) is 5.34. The number of nitrogens with one attached hydrogen (secondary N) is 1. The van der Waals surface area contributed by atoms with E-state index < -0.39 is 5.97 Å². The molecule has 1 amide bonds. The topological polar surface area (TPSA) is 86.1 Å². The van der Waals surface area contributed by atoms with Gasteiger partial charge in [0.2, 0.25) is 5.91 Å². The zero-order valence-corrected chi connectivity index (χ0v) is 19.9. The van der Waals surface area contributed by atoms with Crippen LogP contribution < -0.4 is 5.32 Å². The molecule has 1 aromatic carbocycles. The summed E-state index contributed by atoms with van der Waals surface area (Å²) in [4.78, 5) is 25.5. The van der Waals surface area contributed by atoms with Gasteiger partial charge in [0.05, 0.1) is 18.4 Å². The summed E-state index contributed by atoms with van der Waals surface area (Å²) in [6.07, 6.45) is 0.777. The standard InChI is InChI=1S/C22H26N4O3S2/c1-6-16-11-17(21(28)29-5)20(31-16)23-18(27)12-30-22-25-24-19(26(22)4)15-9-7-14(8-10-15)13(2)3/h7-11,13H,6,12H2,1-5H3,(H,23,27). The number of carbonyl (C=O) groups excluding carboxylic acids is 2. The minimum Gasteiger partial charge on any atom is -0.465 e. The lowest BCUT2D eigenvalue weighted by Gasteiger charge is -2.07. The van der Waals surface area contributed by atoms with Crippen molar-refractivity contribution in [3.05, 3.63) is 46.3 Å². The van der Waals surface area contributed by atoms with E-state index >= 15 is 0 Å². The lowest BCUT2D eigenvalue weighted by molar-refractivity contribution is -0.113. The Morgan fingerprint density at radius 2 is 1.94 bits per heavy atom. The molecule has 0 spiro atoms. The van der Waals surface area contributed by atoms with Crippen LogP contribution in [0.15, 0.2) is 35.5 Å². The van der Waals surface area contributed by atoms with Crippen molar-refractivity contribution in [1.29, 1.82) is 0 Å². The second-order valence-corrected chi connectivity index (χ2v) is 9.36. The molecule has 0 aliphatic heterocycles. The minimum absolute atomic E-state index is 0.151. The van der Waals surface area contributed by atoms with Crippen molar-refractivity contribution in [2.45, 2.75) is 38.3 Å². The number of benzene rings is 1. The number of aryl methyl sites for hydroxylation is 1. The van der Waals surface area contributed by atoms with E-state index in [2.05, 4.69) is 41.5 Å². The van der Waals surface area contributed by atoms with Gasteiger partial charge < -0.3 is 14.6 Å². The largest absolute Gasteiger partial charge is 0.465 e. The Hall–Kier alpha value is -2.65. The number of rotatable bonds is 8. The Labute approximate surface area is 190 Å². The molecule has 7 nitrogen and oxygen atoms in total. The molecule has 0 radical (unpaired) electrons. The van der Waals surface area contributed by atoms with Gasteiger partial charge in [-0.15, -0.1) is 21.5 Å². The maximum Gasteiger partial charge on any atom is 0.340 e. The first kappa shape index (κ1) is 23.0. The second kappa shape index (κ2) is 10.1. The maximum absolute atomic E-state index is 12.5. The van der Waals surface area contributed by atoms with Gasteiger partial charge in [-0.1, -0.05) is 56.8 Å². The molecule has 2 heterocycles. The van der Waals surface area contributed by atoms with Gasteiger partial charge in [0, 0.05) is 17.5 Å². The minimum atomic E-state index is -0.458. The number of hydrogen-bond acceptors (Lipinski definition) is 7. The van der Waals surface area contributed by atoms with Crippen molar-refractivity contribution in [3.8, 4) is 11.4 Å². The van der Waals surface area contributed by atoms with Crippen LogP contribution >= 0.6 is 23.1 Å². The van der Waals surface area contributed by atoms with E-state index in [9.17, 15) is 9.59 Å². The summed E-state index contributed by atoms with van der Waals surface area (Å²) >= 11 is 2.68. The number of thioether (sulfide) groups is 1. The van der Waals surface area contributed by atoms with Gasteiger partial charge in [0.25, 0.3) is 0 Å². The lowest BCUT2D eigenvalue weighted by atomic mass is 10.0. The SMILES string of the molecule is CCc1cc(C(=O)OC)c(NC(=O)CSc2nnc(-c3ccc(C(C)C)cc3)n2C)s1. The predicted octanol–water partition coefficient (Wildman–Crippen LogP) is 4.75. The monoisotopic (exact) mass is 458 g/mol. The summed E-state index contributed by atoms with van der Waals surface area (Å²) in [6.45, 7) is 6.31. The van der Waals surface area contributed by atoms with Crippen molar-refractivity contribution in [2.24, 2.45) is 7.05 Å². The normalized spacial score (nSPS) is 11.0. The number of carbonyl (C=O) groups is 2. The number of anilines is 1. The zero-order valence-electron chi connectivity index (χ0n) is 18.3. The van der Waals surface area contributed by atoms with E-state index in [4.69, 9.17) is 4.74 Å². The van der Waals surface area contributed by atoms with Gasteiger partial charge in [-0.05, 0) is 24.0 Å². The fourth-order valence-electron chi connectivity index (χ4n) is 2.97. The highest BCUT2D eigenvalue weighted by molar-refractivity contribution is 7.99. The van der Waals surface area contributed by atoms with Gasteiger partial charge in [-0.3, -0.25) is 4.79 Å². The molecule has 0 atom stereocenters. The van der Waals surface area contributed by atoms with Crippen LogP contribution in [0.2, 0.25) is 0 Å². The van der Waals surface area contributed by atoms with Crippen LogP contribution in [0.3, 0.4) is 0 Å².